The summed E-state index contributed by atoms with van der Waals surface area (Å²) in [4.78, 5) is 53.1. The fourth-order valence-corrected chi connectivity index (χ4v) is 8.37. The van der Waals surface area contributed by atoms with Crippen LogP contribution < -0.4 is 0 Å². The van der Waals surface area contributed by atoms with Gasteiger partial charge in [-0.1, -0.05) is 57.6 Å². The molecule has 3 aliphatic heterocycles. The Morgan fingerprint density at radius 2 is 1.63 bits per heavy atom. The molecule has 278 valence electrons. The molecule has 0 radical (unpaired) electrons. The molecule has 2 aromatic rings. The minimum atomic E-state index is -0.340. The number of aliphatic hydroxyl groups excluding tert-OH is 1. The van der Waals surface area contributed by atoms with E-state index in [0.717, 1.165) is 57.4 Å². The molecule has 3 amide bonds. The van der Waals surface area contributed by atoms with Gasteiger partial charge in [-0.05, 0) is 87.4 Å². The number of rotatable bonds is 12. The van der Waals surface area contributed by atoms with Crippen molar-refractivity contribution >= 4 is 69.8 Å². The molecule has 0 aromatic heterocycles. The van der Waals surface area contributed by atoms with Crippen LogP contribution in [0.1, 0.15) is 73.2 Å². The van der Waals surface area contributed by atoms with Gasteiger partial charge in [-0.3, -0.25) is 14.4 Å². The summed E-state index contributed by atoms with van der Waals surface area (Å²) < 4.78 is 0. The van der Waals surface area contributed by atoms with Gasteiger partial charge in [0, 0.05) is 79.7 Å². The number of nitrogens with zero attached hydrogens (tertiary/aromatic N) is 5. The van der Waals surface area contributed by atoms with Crippen LogP contribution in [-0.4, -0.2) is 120 Å². The van der Waals surface area contributed by atoms with Crippen LogP contribution in [0.2, 0.25) is 20.1 Å². The van der Waals surface area contributed by atoms with E-state index >= 15 is 0 Å². The molecule has 0 bridgehead atoms. The zero-order valence-electron chi connectivity index (χ0n) is 29.2. The first-order chi connectivity index (χ1) is 24.4. The van der Waals surface area contributed by atoms with Gasteiger partial charge in [-0.25, -0.2) is 0 Å². The van der Waals surface area contributed by atoms with E-state index in [1.54, 1.807) is 41.1 Å². The van der Waals surface area contributed by atoms with Crippen molar-refractivity contribution in [2.24, 2.45) is 11.1 Å². The zero-order valence-corrected chi connectivity index (χ0v) is 32.2. The molecule has 0 saturated carbocycles. The number of carbonyl (C=O) groups excluding carboxylic acids is 3. The van der Waals surface area contributed by atoms with Crippen molar-refractivity contribution < 1.29 is 24.3 Å². The number of hydrogen-bond acceptors (Lipinski definition) is 7. The van der Waals surface area contributed by atoms with Gasteiger partial charge in [0.15, 0.2) is 0 Å². The van der Waals surface area contributed by atoms with Gasteiger partial charge < -0.3 is 29.5 Å². The molecule has 3 heterocycles. The summed E-state index contributed by atoms with van der Waals surface area (Å²) in [5.74, 6) is -0.648. The zero-order chi connectivity index (χ0) is 36.7. The van der Waals surface area contributed by atoms with Crippen LogP contribution >= 0.6 is 46.4 Å². The van der Waals surface area contributed by atoms with Crippen molar-refractivity contribution in [3.05, 3.63) is 67.6 Å². The summed E-state index contributed by atoms with van der Waals surface area (Å²) in [6.45, 7) is 4.43. The first-order valence-electron chi connectivity index (χ1n) is 17.7. The maximum Gasteiger partial charge on any atom is 0.254 e. The maximum atomic E-state index is 13.6. The summed E-state index contributed by atoms with van der Waals surface area (Å²) in [6, 6.07) is 10.4. The van der Waals surface area contributed by atoms with E-state index in [1.807, 2.05) is 17.0 Å². The Labute approximate surface area is 320 Å². The lowest BCUT2D eigenvalue weighted by molar-refractivity contribution is -0.147. The Morgan fingerprint density at radius 1 is 0.941 bits per heavy atom. The molecule has 5 rings (SSSR count). The van der Waals surface area contributed by atoms with E-state index in [9.17, 15) is 19.5 Å². The third-order valence-corrected chi connectivity index (χ3v) is 11.5. The lowest BCUT2D eigenvalue weighted by atomic mass is 9.89. The molecule has 51 heavy (non-hydrogen) atoms. The van der Waals surface area contributed by atoms with Crippen molar-refractivity contribution in [3.63, 3.8) is 0 Å². The van der Waals surface area contributed by atoms with Gasteiger partial charge in [0.05, 0.1) is 28.4 Å². The van der Waals surface area contributed by atoms with Crippen molar-refractivity contribution in [3.8, 4) is 0 Å². The molecule has 3 fully saturated rings. The Hall–Kier alpha value is -2.60. The average molecular weight is 784 g/mol. The number of hydrogen-bond donors (Lipinski definition) is 1. The molecule has 0 aliphatic carbocycles. The van der Waals surface area contributed by atoms with Crippen LogP contribution in [0.3, 0.4) is 0 Å². The largest absolute Gasteiger partial charge is 0.399 e. The SMILES string of the molecule is CO/N=C(\CN(C)C(=O)c1cc(Cl)cc(Cl)c1)C(CCN1CCC(N2CCCC(CC(=O)N3CCC(O)CC3)C2=O)CC1)c1ccc(Cl)c(Cl)c1. The number of piperidine rings is 3. The summed E-state index contributed by atoms with van der Waals surface area (Å²) in [5, 5.41) is 15.8. The van der Waals surface area contributed by atoms with Crippen LogP contribution in [0.5, 0.6) is 0 Å². The second-order valence-electron chi connectivity index (χ2n) is 13.9. The molecule has 2 aromatic carbocycles. The number of amides is 3. The van der Waals surface area contributed by atoms with E-state index < -0.39 is 0 Å². The molecule has 1 N–H and O–H groups in total. The normalized spacial score (nSPS) is 20.4. The monoisotopic (exact) mass is 781 g/mol. The highest BCUT2D eigenvalue weighted by Crippen LogP contribution is 2.32. The Kier molecular flexibility index (Phi) is 14.3. The molecular formula is C37H47Cl4N5O5. The number of benzene rings is 2. The van der Waals surface area contributed by atoms with Gasteiger partial charge in [-0.15, -0.1) is 0 Å². The van der Waals surface area contributed by atoms with Crippen LogP contribution in [-0.2, 0) is 14.4 Å². The first kappa shape index (κ1) is 39.6. The molecular weight excluding hydrogens is 736 g/mol. The van der Waals surface area contributed by atoms with Gasteiger partial charge >= 0.3 is 0 Å². The van der Waals surface area contributed by atoms with E-state index in [1.165, 1.54) is 7.11 Å². The highest BCUT2D eigenvalue weighted by Gasteiger charge is 2.37. The highest BCUT2D eigenvalue weighted by molar-refractivity contribution is 6.42. The van der Waals surface area contributed by atoms with E-state index in [0.29, 0.717) is 63.7 Å². The van der Waals surface area contributed by atoms with Crippen LogP contribution in [0.25, 0.3) is 0 Å². The topological polar surface area (TPSA) is 106 Å². The summed E-state index contributed by atoms with van der Waals surface area (Å²) in [6.07, 6.45) is 5.13. The summed E-state index contributed by atoms with van der Waals surface area (Å²) in [5.41, 5.74) is 1.92. The Morgan fingerprint density at radius 3 is 2.27 bits per heavy atom. The van der Waals surface area contributed by atoms with Crippen molar-refractivity contribution in [2.45, 2.75) is 69.4 Å². The molecule has 2 atom stereocenters. The van der Waals surface area contributed by atoms with Crippen molar-refractivity contribution in [1.29, 1.82) is 0 Å². The fourth-order valence-electron chi connectivity index (χ4n) is 7.54. The third-order valence-electron chi connectivity index (χ3n) is 10.4. The second-order valence-corrected chi connectivity index (χ2v) is 15.5. The molecule has 3 saturated heterocycles. The minimum Gasteiger partial charge on any atom is -0.399 e. The molecule has 14 heteroatoms. The predicted molar refractivity (Wildman–Crippen MR) is 202 cm³/mol. The Bertz CT molecular complexity index is 1560. The van der Waals surface area contributed by atoms with Gasteiger partial charge in [0.1, 0.15) is 7.11 Å². The van der Waals surface area contributed by atoms with Gasteiger partial charge in [0.25, 0.3) is 5.91 Å². The summed E-state index contributed by atoms with van der Waals surface area (Å²) >= 11 is 25.1. The lowest BCUT2D eigenvalue weighted by Gasteiger charge is -2.42. The van der Waals surface area contributed by atoms with Crippen molar-refractivity contribution in [1.82, 2.24) is 19.6 Å². The number of oxime groups is 1. The Balaban J connectivity index is 1.21. The van der Waals surface area contributed by atoms with Crippen molar-refractivity contribution in [2.75, 3.05) is 60.0 Å². The van der Waals surface area contributed by atoms with Crippen LogP contribution in [0, 0.1) is 5.92 Å². The average Bonchev–Trinajstić information content (AvgIpc) is 3.10. The van der Waals surface area contributed by atoms with Gasteiger partial charge in [0.2, 0.25) is 11.8 Å². The molecule has 0 spiro atoms. The first-order valence-corrected chi connectivity index (χ1v) is 19.2. The molecule has 3 aliphatic rings. The van der Waals surface area contributed by atoms with E-state index in [-0.39, 0.29) is 54.7 Å². The highest BCUT2D eigenvalue weighted by atomic mass is 35.5. The number of aliphatic hydroxyl groups is 1. The van der Waals surface area contributed by atoms with Crippen LogP contribution in [0.15, 0.2) is 41.6 Å². The number of likely N-dealkylation sites (tertiary alicyclic amines) is 3. The lowest BCUT2D eigenvalue weighted by Crippen LogP contribution is -2.52. The fraction of sp³-hybridized carbons (Fsp3) is 0.568. The maximum absolute atomic E-state index is 13.6. The smallest absolute Gasteiger partial charge is 0.254 e. The standard InChI is InChI=1S/C37H47Cl4N5O5/c1-43(36(49)26-18-27(38)22-28(39)19-26)23-34(42-51-2)31(24-5-6-32(40)33(41)20-24)11-15-44-13-7-29(8-14-44)46-12-3-4-25(37(46)50)21-35(48)45-16-9-30(47)10-17-45/h5-6,18-20,22,25,29-31,47H,3-4,7-17,21,23H2,1-2H3/b42-34+. The van der Waals surface area contributed by atoms with E-state index in [4.69, 9.17) is 51.2 Å². The van der Waals surface area contributed by atoms with E-state index in [2.05, 4.69) is 10.1 Å². The summed E-state index contributed by atoms with van der Waals surface area (Å²) in [7, 11) is 3.18. The predicted octanol–water partition coefficient (Wildman–Crippen LogP) is 6.62. The minimum absolute atomic E-state index is 0.0225. The molecule has 2 unspecified atom stereocenters. The quantitative estimate of drug-likeness (QED) is 0.192. The third kappa shape index (κ3) is 10.5. The number of halogens is 4. The second kappa shape index (κ2) is 18.4. The molecule has 10 nitrogen and oxygen atoms in total. The number of carbonyl (C=O) groups is 3. The van der Waals surface area contributed by atoms with Gasteiger partial charge in [-0.2, -0.15) is 0 Å². The van der Waals surface area contributed by atoms with Crippen LogP contribution in [0.4, 0.5) is 0 Å².